The van der Waals surface area contributed by atoms with Gasteiger partial charge in [-0.3, -0.25) is 9.78 Å². The van der Waals surface area contributed by atoms with E-state index in [1.807, 2.05) is 66.9 Å². The van der Waals surface area contributed by atoms with E-state index in [9.17, 15) is 4.79 Å². The highest BCUT2D eigenvalue weighted by molar-refractivity contribution is 6.11. The molecule has 0 spiro atoms. The summed E-state index contributed by atoms with van der Waals surface area (Å²) >= 11 is 0. The van der Waals surface area contributed by atoms with E-state index >= 15 is 0 Å². The van der Waals surface area contributed by atoms with Crippen LogP contribution in [-0.2, 0) is 0 Å². The van der Waals surface area contributed by atoms with Crippen molar-refractivity contribution in [1.82, 2.24) is 4.98 Å². The number of benzene rings is 8. The van der Waals surface area contributed by atoms with Crippen molar-refractivity contribution in [3.8, 4) is 66.9 Å². The van der Waals surface area contributed by atoms with Crippen molar-refractivity contribution in [3.05, 3.63) is 224 Å². The molecule has 0 aliphatic carbocycles. The van der Waals surface area contributed by atoms with E-state index in [2.05, 4.69) is 146 Å². The summed E-state index contributed by atoms with van der Waals surface area (Å²) in [6.45, 7) is 0. The monoisotopic (exact) mass is 689 g/mol. The van der Waals surface area contributed by atoms with Crippen molar-refractivity contribution in [2.24, 2.45) is 0 Å². The first-order valence-electron chi connectivity index (χ1n) is 18.2. The molecule has 0 saturated heterocycles. The van der Waals surface area contributed by atoms with Crippen molar-refractivity contribution in [2.75, 3.05) is 0 Å². The predicted octanol–water partition coefficient (Wildman–Crippen LogP) is 13.5. The second kappa shape index (κ2) is 14.5. The van der Waals surface area contributed by atoms with Gasteiger partial charge in [0.25, 0.3) is 0 Å². The van der Waals surface area contributed by atoms with Crippen molar-refractivity contribution >= 4 is 16.6 Å². The van der Waals surface area contributed by atoms with Crippen LogP contribution in [-0.4, -0.2) is 10.8 Å². The van der Waals surface area contributed by atoms with Gasteiger partial charge in [-0.05, 0) is 110 Å². The molecule has 2 nitrogen and oxygen atoms in total. The van der Waals surface area contributed by atoms with E-state index in [4.69, 9.17) is 4.98 Å². The van der Waals surface area contributed by atoms with Crippen LogP contribution in [0.15, 0.2) is 212 Å². The topological polar surface area (TPSA) is 30.0 Å². The molecule has 0 aliphatic rings. The fraction of sp³-hybridized carbons (Fsp3) is 0. The van der Waals surface area contributed by atoms with Gasteiger partial charge in [0, 0.05) is 28.3 Å². The summed E-state index contributed by atoms with van der Waals surface area (Å²) in [5, 5.41) is 2.26. The number of fused-ring (bicyclic) bond motifs is 1. The standard InChI is InChI=1S/C52H35NO/c54-52(46-25-12-21-42(32-46)41-20-11-24-45(31-41)51-50-26-8-7-17-38(50)27-28-53-51)49-34-47(43-22-9-18-39(29-43)36-13-3-1-4-14-36)33-48(35-49)44-23-10-19-40(30-44)37-15-5-2-6-16-37/h1-35H. The highest BCUT2D eigenvalue weighted by atomic mass is 16.1. The number of hydrogen-bond donors (Lipinski definition) is 0. The quantitative estimate of drug-likeness (QED) is 0.149. The molecule has 9 aromatic rings. The van der Waals surface area contributed by atoms with Crippen LogP contribution in [0.25, 0.3) is 77.7 Å². The molecule has 9 rings (SSSR count). The molecule has 1 heterocycles. The van der Waals surface area contributed by atoms with Crippen LogP contribution in [0.4, 0.5) is 0 Å². The van der Waals surface area contributed by atoms with Crippen molar-refractivity contribution < 1.29 is 4.79 Å². The SMILES string of the molecule is O=C(c1cccc(-c2cccc(-c3nccc4ccccc34)c2)c1)c1cc(-c2cccc(-c3ccccc3)c2)cc(-c2cccc(-c3ccccc3)c2)c1. The Morgan fingerprint density at radius 1 is 0.315 bits per heavy atom. The van der Waals surface area contributed by atoms with Gasteiger partial charge in [0.05, 0.1) is 5.69 Å². The number of carbonyl (C=O) groups excluding carboxylic acids is 1. The Labute approximate surface area is 315 Å². The summed E-state index contributed by atoms with van der Waals surface area (Å²) < 4.78 is 0. The average Bonchev–Trinajstić information content (AvgIpc) is 3.26. The van der Waals surface area contributed by atoms with Crippen LogP contribution in [0.1, 0.15) is 15.9 Å². The van der Waals surface area contributed by atoms with Crippen LogP contribution in [0.5, 0.6) is 0 Å². The van der Waals surface area contributed by atoms with Crippen molar-refractivity contribution in [3.63, 3.8) is 0 Å². The molecule has 8 aromatic carbocycles. The molecule has 0 bridgehead atoms. The fourth-order valence-electron chi connectivity index (χ4n) is 7.31. The van der Waals surface area contributed by atoms with Crippen LogP contribution in [0.3, 0.4) is 0 Å². The first-order chi connectivity index (χ1) is 26.7. The minimum Gasteiger partial charge on any atom is -0.289 e. The second-order valence-corrected chi connectivity index (χ2v) is 13.6. The second-order valence-electron chi connectivity index (χ2n) is 13.6. The van der Waals surface area contributed by atoms with Crippen LogP contribution in [0.2, 0.25) is 0 Å². The van der Waals surface area contributed by atoms with Gasteiger partial charge in [0.1, 0.15) is 0 Å². The van der Waals surface area contributed by atoms with E-state index in [0.717, 1.165) is 77.7 Å². The third-order valence-electron chi connectivity index (χ3n) is 10.1. The van der Waals surface area contributed by atoms with Gasteiger partial charge in [-0.25, -0.2) is 0 Å². The zero-order chi connectivity index (χ0) is 36.3. The lowest BCUT2D eigenvalue weighted by Gasteiger charge is -2.13. The third kappa shape index (κ3) is 6.65. The predicted molar refractivity (Wildman–Crippen MR) is 224 cm³/mol. The third-order valence-corrected chi connectivity index (χ3v) is 10.1. The smallest absolute Gasteiger partial charge is 0.193 e. The van der Waals surface area contributed by atoms with Gasteiger partial charge in [-0.2, -0.15) is 0 Å². The van der Waals surface area contributed by atoms with Gasteiger partial charge in [0.2, 0.25) is 0 Å². The van der Waals surface area contributed by atoms with Gasteiger partial charge in [-0.15, -0.1) is 0 Å². The minimum absolute atomic E-state index is 0.0229. The Balaban J connectivity index is 1.12. The summed E-state index contributed by atoms with van der Waals surface area (Å²) in [6, 6.07) is 71.0. The minimum atomic E-state index is -0.0229. The maximum atomic E-state index is 14.6. The van der Waals surface area contributed by atoms with Crippen LogP contribution >= 0.6 is 0 Å². The molecular weight excluding hydrogens is 655 g/mol. The zero-order valence-electron chi connectivity index (χ0n) is 29.6. The van der Waals surface area contributed by atoms with Crippen LogP contribution in [0, 0.1) is 0 Å². The molecule has 0 N–H and O–H groups in total. The molecule has 2 heteroatoms. The molecule has 0 unspecified atom stereocenters. The molecule has 0 amide bonds. The molecule has 0 fully saturated rings. The van der Waals surface area contributed by atoms with Crippen molar-refractivity contribution in [1.29, 1.82) is 0 Å². The van der Waals surface area contributed by atoms with E-state index in [0.29, 0.717) is 11.1 Å². The van der Waals surface area contributed by atoms with Gasteiger partial charge < -0.3 is 0 Å². The summed E-state index contributed by atoms with van der Waals surface area (Å²) in [7, 11) is 0. The van der Waals surface area contributed by atoms with E-state index in [1.54, 1.807) is 0 Å². The highest BCUT2D eigenvalue weighted by Crippen LogP contribution is 2.35. The molecular formula is C52H35NO. The van der Waals surface area contributed by atoms with E-state index in [-0.39, 0.29) is 5.78 Å². The fourth-order valence-corrected chi connectivity index (χ4v) is 7.31. The number of rotatable bonds is 8. The number of pyridine rings is 1. The molecule has 1 aromatic heterocycles. The highest BCUT2D eigenvalue weighted by Gasteiger charge is 2.16. The van der Waals surface area contributed by atoms with Crippen LogP contribution < -0.4 is 0 Å². The molecule has 54 heavy (non-hydrogen) atoms. The lowest BCUT2D eigenvalue weighted by molar-refractivity contribution is 0.103. The molecule has 0 atom stereocenters. The Bertz CT molecular complexity index is 2680. The first kappa shape index (κ1) is 32.7. The Morgan fingerprint density at radius 2 is 0.722 bits per heavy atom. The maximum absolute atomic E-state index is 14.6. The molecule has 0 saturated carbocycles. The number of carbonyl (C=O) groups is 1. The summed E-state index contributed by atoms with van der Waals surface area (Å²) in [6.07, 6.45) is 1.86. The Kier molecular flexibility index (Phi) is 8.76. The van der Waals surface area contributed by atoms with E-state index < -0.39 is 0 Å². The Hall–Kier alpha value is -7.16. The normalized spacial score (nSPS) is 11.0. The largest absolute Gasteiger partial charge is 0.289 e. The maximum Gasteiger partial charge on any atom is 0.193 e. The number of ketones is 1. The molecule has 0 radical (unpaired) electrons. The molecule has 0 aliphatic heterocycles. The van der Waals surface area contributed by atoms with Gasteiger partial charge >= 0.3 is 0 Å². The lowest BCUT2D eigenvalue weighted by Crippen LogP contribution is -2.02. The molecule has 254 valence electrons. The van der Waals surface area contributed by atoms with Gasteiger partial charge in [-0.1, -0.05) is 158 Å². The number of aromatic nitrogens is 1. The van der Waals surface area contributed by atoms with E-state index in [1.165, 1.54) is 0 Å². The Morgan fingerprint density at radius 3 is 1.33 bits per heavy atom. The average molecular weight is 690 g/mol. The number of hydrogen-bond acceptors (Lipinski definition) is 2. The summed E-state index contributed by atoms with van der Waals surface area (Å²) in [5.41, 5.74) is 13.9. The number of nitrogens with zero attached hydrogens (tertiary/aromatic N) is 1. The van der Waals surface area contributed by atoms with Gasteiger partial charge in [0.15, 0.2) is 5.78 Å². The summed E-state index contributed by atoms with van der Waals surface area (Å²) in [5.74, 6) is -0.0229. The lowest BCUT2D eigenvalue weighted by atomic mass is 9.90. The first-order valence-corrected chi connectivity index (χ1v) is 18.2. The van der Waals surface area contributed by atoms with Crippen molar-refractivity contribution in [2.45, 2.75) is 0 Å². The summed E-state index contributed by atoms with van der Waals surface area (Å²) in [4.78, 5) is 19.4. The zero-order valence-corrected chi connectivity index (χ0v) is 29.6.